The minimum absolute atomic E-state index is 0.00861. The lowest BCUT2D eigenvalue weighted by molar-refractivity contribution is 0.0728. The van der Waals surface area contributed by atoms with Crippen molar-refractivity contribution in [2.75, 3.05) is 13.1 Å². The molecular weight excluding hydrogens is 266 g/mol. The minimum Gasteiger partial charge on any atom is -0.366 e. The zero-order valence-electron chi connectivity index (χ0n) is 12.0. The Bertz CT molecular complexity index is 548. The first-order valence-electron chi connectivity index (χ1n) is 7.59. The van der Waals surface area contributed by atoms with Gasteiger partial charge >= 0.3 is 0 Å². The molecular formula is C16H21N3O2. The molecule has 3 rings (SSSR count). The Morgan fingerprint density at radius 2 is 2.00 bits per heavy atom. The maximum atomic E-state index is 12.7. The summed E-state index contributed by atoms with van der Waals surface area (Å²) in [5.41, 5.74) is 6.23. The van der Waals surface area contributed by atoms with Gasteiger partial charge in [-0.05, 0) is 50.4 Å². The van der Waals surface area contributed by atoms with Crippen LogP contribution in [0.25, 0.3) is 0 Å². The lowest BCUT2D eigenvalue weighted by Crippen LogP contribution is -2.42. The van der Waals surface area contributed by atoms with Crippen molar-refractivity contribution in [1.29, 1.82) is 0 Å². The fourth-order valence-electron chi connectivity index (χ4n) is 2.91. The number of carbonyl (C=O) groups excluding carboxylic acids is 2. The van der Waals surface area contributed by atoms with Crippen molar-refractivity contribution in [1.82, 2.24) is 10.2 Å². The van der Waals surface area contributed by atoms with Gasteiger partial charge in [-0.15, -0.1) is 0 Å². The molecule has 0 radical (unpaired) electrons. The Hall–Kier alpha value is -1.88. The summed E-state index contributed by atoms with van der Waals surface area (Å²) in [6, 6.07) is 7.46. The van der Waals surface area contributed by atoms with Gasteiger partial charge in [-0.3, -0.25) is 9.59 Å². The summed E-state index contributed by atoms with van der Waals surface area (Å²) >= 11 is 0. The molecule has 5 heteroatoms. The monoisotopic (exact) mass is 287 g/mol. The lowest BCUT2D eigenvalue weighted by atomic mass is 10.1. The van der Waals surface area contributed by atoms with Crippen LogP contribution in [0.15, 0.2) is 24.3 Å². The molecule has 21 heavy (non-hydrogen) atoms. The van der Waals surface area contributed by atoms with Crippen LogP contribution >= 0.6 is 0 Å². The molecule has 1 aromatic rings. The second-order valence-electron chi connectivity index (χ2n) is 5.93. The van der Waals surface area contributed by atoms with Crippen molar-refractivity contribution < 1.29 is 9.59 Å². The highest BCUT2D eigenvalue weighted by Gasteiger charge is 2.35. The standard InChI is InChI=1S/C16H21N3O2/c17-15(20)11-3-1-4-12(9-11)16(21)19(14-6-7-14)10-13-5-2-8-18-13/h1,3-4,9,13-14,18H,2,5-8,10H2,(H2,17,20). The summed E-state index contributed by atoms with van der Waals surface area (Å²) in [5, 5.41) is 3.44. The van der Waals surface area contributed by atoms with Gasteiger partial charge in [0.15, 0.2) is 0 Å². The fourth-order valence-corrected chi connectivity index (χ4v) is 2.91. The Morgan fingerprint density at radius 1 is 1.24 bits per heavy atom. The SMILES string of the molecule is NC(=O)c1cccc(C(=O)N(CC2CCCN2)C2CC2)c1. The molecule has 1 saturated heterocycles. The number of benzene rings is 1. The van der Waals surface area contributed by atoms with Crippen molar-refractivity contribution in [2.45, 2.75) is 37.8 Å². The Morgan fingerprint density at radius 3 is 2.62 bits per heavy atom. The maximum Gasteiger partial charge on any atom is 0.254 e. The third kappa shape index (κ3) is 3.24. The molecule has 5 nitrogen and oxygen atoms in total. The van der Waals surface area contributed by atoms with E-state index in [1.54, 1.807) is 24.3 Å². The predicted octanol–water partition coefficient (Wildman–Crippen LogP) is 1.14. The number of primary amides is 1. The zero-order chi connectivity index (χ0) is 14.8. The van der Waals surface area contributed by atoms with Crippen LogP contribution in [-0.2, 0) is 0 Å². The highest BCUT2D eigenvalue weighted by atomic mass is 16.2. The van der Waals surface area contributed by atoms with Gasteiger partial charge in [0.25, 0.3) is 5.91 Å². The van der Waals surface area contributed by atoms with Crippen molar-refractivity contribution >= 4 is 11.8 Å². The normalized spacial score (nSPS) is 21.2. The van der Waals surface area contributed by atoms with Crippen LogP contribution in [0.5, 0.6) is 0 Å². The van der Waals surface area contributed by atoms with E-state index in [1.807, 2.05) is 4.90 Å². The average molecular weight is 287 g/mol. The van der Waals surface area contributed by atoms with Crippen LogP contribution in [0.2, 0.25) is 0 Å². The summed E-state index contributed by atoms with van der Waals surface area (Å²) in [4.78, 5) is 26.0. The van der Waals surface area contributed by atoms with E-state index >= 15 is 0 Å². The second-order valence-corrected chi connectivity index (χ2v) is 5.93. The molecule has 3 N–H and O–H groups in total. The first-order valence-corrected chi connectivity index (χ1v) is 7.59. The zero-order valence-corrected chi connectivity index (χ0v) is 12.0. The Kier molecular flexibility index (Phi) is 3.92. The number of hydrogen-bond acceptors (Lipinski definition) is 3. The largest absolute Gasteiger partial charge is 0.366 e. The van der Waals surface area contributed by atoms with Crippen LogP contribution in [0.1, 0.15) is 46.4 Å². The molecule has 1 aliphatic carbocycles. The molecule has 112 valence electrons. The molecule has 2 amide bonds. The number of nitrogens with zero attached hydrogens (tertiary/aromatic N) is 1. The van der Waals surface area contributed by atoms with Crippen LogP contribution < -0.4 is 11.1 Å². The molecule has 1 heterocycles. The van der Waals surface area contributed by atoms with Crippen molar-refractivity contribution in [3.63, 3.8) is 0 Å². The fraction of sp³-hybridized carbons (Fsp3) is 0.500. The number of amides is 2. The van der Waals surface area contributed by atoms with E-state index in [9.17, 15) is 9.59 Å². The van der Waals surface area contributed by atoms with E-state index in [1.165, 1.54) is 6.42 Å². The third-order valence-corrected chi connectivity index (χ3v) is 4.22. The Labute approximate surface area is 124 Å². The lowest BCUT2D eigenvalue weighted by Gasteiger charge is -2.26. The number of carbonyl (C=O) groups is 2. The van der Waals surface area contributed by atoms with Crippen LogP contribution in [0, 0.1) is 0 Å². The summed E-state index contributed by atoms with van der Waals surface area (Å²) in [6.45, 7) is 1.79. The van der Waals surface area contributed by atoms with E-state index in [4.69, 9.17) is 5.73 Å². The van der Waals surface area contributed by atoms with Gasteiger partial charge in [0.1, 0.15) is 0 Å². The smallest absolute Gasteiger partial charge is 0.254 e. The maximum absolute atomic E-state index is 12.7. The van der Waals surface area contributed by atoms with Gasteiger partial charge in [0, 0.05) is 29.8 Å². The molecule has 1 saturated carbocycles. The number of nitrogens with two attached hydrogens (primary N) is 1. The van der Waals surface area contributed by atoms with E-state index in [0.717, 1.165) is 32.4 Å². The van der Waals surface area contributed by atoms with Crippen LogP contribution in [-0.4, -0.2) is 41.9 Å². The highest BCUT2D eigenvalue weighted by molar-refractivity contribution is 5.99. The predicted molar refractivity (Wildman–Crippen MR) is 80.0 cm³/mol. The van der Waals surface area contributed by atoms with E-state index < -0.39 is 5.91 Å². The van der Waals surface area contributed by atoms with Gasteiger partial charge in [-0.25, -0.2) is 0 Å². The molecule has 1 aliphatic heterocycles. The average Bonchev–Trinajstić information content (AvgIpc) is 3.20. The quantitative estimate of drug-likeness (QED) is 0.853. The molecule has 2 fully saturated rings. The van der Waals surface area contributed by atoms with Gasteiger partial charge in [0.05, 0.1) is 0 Å². The number of rotatable bonds is 5. The third-order valence-electron chi connectivity index (χ3n) is 4.22. The van der Waals surface area contributed by atoms with Crippen LogP contribution in [0.4, 0.5) is 0 Å². The van der Waals surface area contributed by atoms with Gasteiger partial charge < -0.3 is 16.0 Å². The summed E-state index contributed by atoms with van der Waals surface area (Å²) in [7, 11) is 0. The van der Waals surface area contributed by atoms with Gasteiger partial charge in [0.2, 0.25) is 5.91 Å². The van der Waals surface area contributed by atoms with Crippen molar-refractivity contribution in [2.24, 2.45) is 5.73 Å². The molecule has 0 spiro atoms. The number of nitrogens with one attached hydrogen (secondary N) is 1. The molecule has 0 bridgehead atoms. The van der Waals surface area contributed by atoms with Gasteiger partial charge in [-0.2, -0.15) is 0 Å². The van der Waals surface area contributed by atoms with E-state index in [0.29, 0.717) is 23.2 Å². The molecule has 0 aromatic heterocycles. The highest BCUT2D eigenvalue weighted by Crippen LogP contribution is 2.29. The minimum atomic E-state index is -0.500. The molecule has 1 aromatic carbocycles. The Balaban J connectivity index is 1.77. The van der Waals surface area contributed by atoms with Gasteiger partial charge in [-0.1, -0.05) is 6.07 Å². The topological polar surface area (TPSA) is 75.4 Å². The molecule has 1 atom stereocenters. The van der Waals surface area contributed by atoms with Crippen molar-refractivity contribution in [3.05, 3.63) is 35.4 Å². The first kappa shape index (κ1) is 14.1. The summed E-state index contributed by atoms with van der Waals surface area (Å²) in [6.07, 6.45) is 4.45. The summed E-state index contributed by atoms with van der Waals surface area (Å²) < 4.78 is 0. The van der Waals surface area contributed by atoms with Crippen molar-refractivity contribution in [3.8, 4) is 0 Å². The van der Waals surface area contributed by atoms with Crippen LogP contribution in [0.3, 0.4) is 0 Å². The molecule has 2 aliphatic rings. The van der Waals surface area contributed by atoms with E-state index in [2.05, 4.69) is 5.32 Å². The first-order chi connectivity index (χ1) is 10.1. The second kappa shape index (κ2) is 5.85. The van der Waals surface area contributed by atoms with E-state index in [-0.39, 0.29) is 5.91 Å². The summed E-state index contributed by atoms with van der Waals surface area (Å²) in [5.74, 6) is -0.491. The molecule has 1 unspecified atom stereocenters. The number of hydrogen-bond donors (Lipinski definition) is 2.